The van der Waals surface area contributed by atoms with E-state index in [9.17, 15) is 9.59 Å². The standard InChI is InChI=1S/C26H33N5O3/c1-5-34-25(32)17-27-23(26(33)31(4)24-14-9-19(3)28-30-29-24)16-20-10-12-21(13-11-20)22-8-6-7-18(2)15-22/h6-15,23,27-30H,5,16-17H2,1-4H3. The van der Waals surface area contributed by atoms with Gasteiger partial charge in [0.25, 0.3) is 0 Å². The van der Waals surface area contributed by atoms with E-state index in [0.717, 1.165) is 22.4 Å². The van der Waals surface area contributed by atoms with Crippen molar-refractivity contribution in [1.29, 1.82) is 0 Å². The number of likely N-dealkylation sites (N-methyl/N-ethyl adjacent to an activating group) is 1. The van der Waals surface area contributed by atoms with Crippen LogP contribution in [0.5, 0.6) is 0 Å². The summed E-state index contributed by atoms with van der Waals surface area (Å²) < 4.78 is 5.03. The molecule has 0 spiro atoms. The highest BCUT2D eigenvalue weighted by molar-refractivity contribution is 5.96. The fourth-order valence-electron chi connectivity index (χ4n) is 3.59. The second kappa shape index (κ2) is 11.9. The molecule has 8 heteroatoms. The largest absolute Gasteiger partial charge is 0.465 e. The number of ether oxygens (including phenoxy) is 1. The van der Waals surface area contributed by atoms with Gasteiger partial charge in [0.05, 0.1) is 19.2 Å². The van der Waals surface area contributed by atoms with E-state index in [4.69, 9.17) is 4.74 Å². The van der Waals surface area contributed by atoms with Crippen molar-refractivity contribution in [3.63, 3.8) is 0 Å². The molecule has 1 atom stereocenters. The molecule has 0 saturated carbocycles. The number of carbonyl (C=O) groups is 2. The highest BCUT2D eigenvalue weighted by Crippen LogP contribution is 2.21. The molecule has 180 valence electrons. The van der Waals surface area contributed by atoms with Gasteiger partial charge in [0.15, 0.2) is 0 Å². The van der Waals surface area contributed by atoms with Gasteiger partial charge in [-0.15, -0.1) is 0 Å². The number of nitrogens with one attached hydrogen (secondary N) is 4. The predicted octanol–water partition coefficient (Wildman–Crippen LogP) is 3.81. The lowest BCUT2D eigenvalue weighted by atomic mass is 9.99. The van der Waals surface area contributed by atoms with Crippen LogP contribution in [0.1, 0.15) is 23.7 Å². The molecule has 34 heavy (non-hydrogen) atoms. The third-order valence-electron chi connectivity index (χ3n) is 5.47. The van der Waals surface area contributed by atoms with Crippen LogP contribution in [-0.4, -0.2) is 53.5 Å². The number of aryl methyl sites for hydroxylation is 2. The maximum Gasteiger partial charge on any atom is 0.319 e. The number of aromatic nitrogens is 3. The Balaban J connectivity index is 1.80. The summed E-state index contributed by atoms with van der Waals surface area (Å²) in [5, 5.41) is 11.8. The number of hydrogen-bond donors (Lipinski definition) is 4. The minimum atomic E-state index is -0.622. The van der Waals surface area contributed by atoms with Crippen molar-refractivity contribution in [1.82, 2.24) is 20.7 Å². The maximum absolute atomic E-state index is 13.4. The molecule has 1 unspecified atom stereocenters. The average molecular weight is 464 g/mol. The summed E-state index contributed by atoms with van der Waals surface area (Å²) in [6.07, 6.45) is 0.421. The van der Waals surface area contributed by atoms with Crippen LogP contribution in [0.2, 0.25) is 0 Å². The molecule has 1 aromatic heterocycles. The Labute approximate surface area is 200 Å². The average Bonchev–Trinajstić information content (AvgIpc) is 3.06. The van der Waals surface area contributed by atoms with Crippen LogP contribution in [0.4, 0.5) is 5.82 Å². The number of amides is 1. The number of anilines is 1. The summed E-state index contributed by atoms with van der Waals surface area (Å²) >= 11 is 0. The lowest BCUT2D eigenvalue weighted by Gasteiger charge is -2.24. The zero-order valence-corrected chi connectivity index (χ0v) is 20.1. The SMILES string of the molecule is CCOC(=O)CNC(Cc1ccc(-c2cccc(C)c2)cc1)C(=O)N(C)c1ccc(C)[nH][nH][nH]1. The molecular weight excluding hydrogens is 430 g/mol. The summed E-state index contributed by atoms with van der Waals surface area (Å²) in [5.74, 6) is 0.00150. The molecule has 1 heterocycles. The zero-order chi connectivity index (χ0) is 24.5. The summed E-state index contributed by atoms with van der Waals surface area (Å²) in [6.45, 7) is 5.97. The summed E-state index contributed by atoms with van der Waals surface area (Å²) in [4.78, 5) is 26.9. The number of H-pyrrole nitrogens is 3. The molecule has 3 aromatic rings. The Morgan fingerprint density at radius 2 is 1.76 bits per heavy atom. The molecule has 0 aliphatic heterocycles. The van der Waals surface area contributed by atoms with Gasteiger partial charge >= 0.3 is 5.97 Å². The number of nitrogens with zero attached hydrogens (tertiary/aromatic N) is 1. The van der Waals surface area contributed by atoms with Crippen molar-refractivity contribution >= 4 is 17.7 Å². The molecule has 3 rings (SSSR count). The predicted molar refractivity (Wildman–Crippen MR) is 134 cm³/mol. The van der Waals surface area contributed by atoms with E-state index in [0.29, 0.717) is 18.8 Å². The fourth-order valence-corrected chi connectivity index (χ4v) is 3.59. The van der Waals surface area contributed by atoms with Crippen LogP contribution in [0, 0.1) is 13.8 Å². The second-order valence-electron chi connectivity index (χ2n) is 8.18. The number of esters is 1. The molecule has 0 radical (unpaired) electrons. The van der Waals surface area contributed by atoms with Gasteiger partial charge in [-0.1, -0.05) is 54.1 Å². The Morgan fingerprint density at radius 1 is 1.00 bits per heavy atom. The first-order valence-electron chi connectivity index (χ1n) is 11.4. The number of carbonyl (C=O) groups excluding carboxylic acids is 2. The van der Waals surface area contributed by atoms with Crippen molar-refractivity contribution in [3.05, 3.63) is 77.5 Å². The van der Waals surface area contributed by atoms with Crippen molar-refractivity contribution in [3.8, 4) is 11.1 Å². The molecule has 1 amide bonds. The van der Waals surface area contributed by atoms with Gasteiger partial charge in [-0.05, 0) is 56.0 Å². The Morgan fingerprint density at radius 3 is 2.47 bits per heavy atom. The number of hydrogen-bond acceptors (Lipinski definition) is 4. The summed E-state index contributed by atoms with van der Waals surface area (Å²) in [6, 6.07) is 19.5. The third kappa shape index (κ3) is 6.86. The van der Waals surface area contributed by atoms with Crippen molar-refractivity contribution in [2.45, 2.75) is 33.2 Å². The van der Waals surface area contributed by atoms with E-state index in [1.807, 2.05) is 31.2 Å². The van der Waals surface area contributed by atoms with Crippen LogP contribution in [0.3, 0.4) is 0 Å². The molecule has 0 aliphatic carbocycles. The minimum Gasteiger partial charge on any atom is -0.465 e. The molecule has 0 fully saturated rings. The van der Waals surface area contributed by atoms with Crippen molar-refractivity contribution < 1.29 is 14.3 Å². The first-order valence-corrected chi connectivity index (χ1v) is 11.4. The third-order valence-corrected chi connectivity index (χ3v) is 5.47. The fraction of sp³-hybridized carbons (Fsp3) is 0.308. The first-order chi connectivity index (χ1) is 16.4. The van der Waals surface area contributed by atoms with Gasteiger partial charge in [-0.3, -0.25) is 30.0 Å². The van der Waals surface area contributed by atoms with E-state index in [1.165, 1.54) is 10.5 Å². The van der Waals surface area contributed by atoms with Gasteiger partial charge < -0.3 is 4.74 Å². The Hall–Kier alpha value is -3.78. The molecule has 4 N–H and O–H groups in total. The summed E-state index contributed by atoms with van der Waals surface area (Å²) in [5.41, 5.74) is 5.34. The topological polar surface area (TPSA) is 106 Å². The smallest absolute Gasteiger partial charge is 0.319 e. The van der Waals surface area contributed by atoms with Crippen LogP contribution < -0.4 is 10.2 Å². The van der Waals surface area contributed by atoms with Crippen molar-refractivity contribution in [2.24, 2.45) is 0 Å². The zero-order valence-electron chi connectivity index (χ0n) is 20.1. The Bertz CT molecular complexity index is 1140. The Kier molecular flexibility index (Phi) is 8.70. The van der Waals surface area contributed by atoms with E-state index in [1.54, 1.807) is 20.0 Å². The van der Waals surface area contributed by atoms with E-state index >= 15 is 0 Å². The number of benzene rings is 2. The van der Waals surface area contributed by atoms with Gasteiger partial charge in [-0.2, -0.15) is 0 Å². The minimum absolute atomic E-state index is 0.0508. The van der Waals surface area contributed by atoms with Gasteiger partial charge in [0.1, 0.15) is 5.82 Å². The van der Waals surface area contributed by atoms with Crippen LogP contribution in [0.15, 0.2) is 60.7 Å². The molecule has 0 saturated heterocycles. The monoisotopic (exact) mass is 463 g/mol. The first kappa shape index (κ1) is 24.9. The normalized spacial score (nSPS) is 11.5. The molecular formula is C26H33N5O3. The highest BCUT2D eigenvalue weighted by atomic mass is 16.5. The molecule has 8 nitrogen and oxygen atoms in total. The van der Waals surface area contributed by atoms with E-state index in [2.05, 4.69) is 58.0 Å². The van der Waals surface area contributed by atoms with Gasteiger partial charge in [0.2, 0.25) is 5.91 Å². The highest BCUT2D eigenvalue weighted by Gasteiger charge is 2.24. The van der Waals surface area contributed by atoms with Crippen LogP contribution in [-0.2, 0) is 20.7 Å². The molecule has 0 bridgehead atoms. The van der Waals surface area contributed by atoms with Gasteiger partial charge in [0, 0.05) is 12.7 Å². The number of rotatable bonds is 9. The lowest BCUT2D eigenvalue weighted by molar-refractivity contribution is -0.142. The van der Waals surface area contributed by atoms with E-state index < -0.39 is 12.0 Å². The maximum atomic E-state index is 13.4. The van der Waals surface area contributed by atoms with E-state index in [-0.39, 0.29) is 12.5 Å². The molecule has 0 aliphatic rings. The number of aromatic amines is 3. The van der Waals surface area contributed by atoms with Crippen LogP contribution >= 0.6 is 0 Å². The summed E-state index contributed by atoms with van der Waals surface area (Å²) in [7, 11) is 1.69. The second-order valence-corrected chi connectivity index (χ2v) is 8.18. The molecule has 2 aromatic carbocycles. The van der Waals surface area contributed by atoms with Gasteiger partial charge in [-0.25, -0.2) is 5.21 Å². The quantitative estimate of drug-likeness (QED) is 0.362. The lowest BCUT2D eigenvalue weighted by Crippen LogP contribution is -2.48. The van der Waals surface area contributed by atoms with Crippen LogP contribution in [0.25, 0.3) is 11.1 Å². The van der Waals surface area contributed by atoms with Crippen molar-refractivity contribution in [2.75, 3.05) is 25.1 Å².